The van der Waals surface area contributed by atoms with Gasteiger partial charge in [0, 0.05) is 5.75 Å². The van der Waals surface area contributed by atoms with Gasteiger partial charge in [0.25, 0.3) is 5.91 Å². The SMILES string of the molecule is C/C=C1\NC(=O)[C@@H](CS)NC(=O)[C@@H](C(C)C)NC(=O)CCOC(=O)CNC1=O. The molecule has 28 heavy (non-hydrogen) atoms. The highest BCUT2D eigenvalue weighted by Crippen LogP contribution is 2.05. The Morgan fingerprint density at radius 3 is 2.39 bits per heavy atom. The number of carbonyl (C=O) groups is 5. The Morgan fingerprint density at radius 2 is 1.82 bits per heavy atom. The summed E-state index contributed by atoms with van der Waals surface area (Å²) in [6.45, 7) is 4.39. The van der Waals surface area contributed by atoms with Gasteiger partial charge in [-0.05, 0) is 12.8 Å². The van der Waals surface area contributed by atoms with Crippen molar-refractivity contribution >= 4 is 42.2 Å². The average molecular weight is 414 g/mol. The molecule has 0 aromatic rings. The Hall–Kier alpha value is -2.56. The normalized spacial score (nSPS) is 24.9. The van der Waals surface area contributed by atoms with Crippen LogP contribution in [0.2, 0.25) is 0 Å². The first-order valence-corrected chi connectivity index (χ1v) is 9.44. The molecule has 1 heterocycles. The van der Waals surface area contributed by atoms with E-state index in [0.717, 1.165) is 0 Å². The highest BCUT2D eigenvalue weighted by molar-refractivity contribution is 7.80. The molecule has 4 amide bonds. The maximum Gasteiger partial charge on any atom is 0.325 e. The second-order valence-corrected chi connectivity index (χ2v) is 6.74. The van der Waals surface area contributed by atoms with E-state index in [1.165, 1.54) is 13.0 Å². The number of cyclic esters (lactones) is 1. The van der Waals surface area contributed by atoms with Crippen molar-refractivity contribution in [2.45, 2.75) is 39.3 Å². The van der Waals surface area contributed by atoms with E-state index < -0.39 is 48.2 Å². The molecule has 1 fully saturated rings. The minimum absolute atomic E-state index is 0.0265. The highest BCUT2D eigenvalue weighted by atomic mass is 32.1. The minimum Gasteiger partial charge on any atom is -0.464 e. The van der Waals surface area contributed by atoms with E-state index in [4.69, 9.17) is 4.74 Å². The number of hydrogen-bond acceptors (Lipinski definition) is 7. The zero-order valence-corrected chi connectivity index (χ0v) is 16.9. The maximum atomic E-state index is 12.6. The second-order valence-electron chi connectivity index (χ2n) is 6.38. The van der Waals surface area contributed by atoms with Crippen molar-refractivity contribution in [1.29, 1.82) is 0 Å². The van der Waals surface area contributed by atoms with E-state index in [1.54, 1.807) is 13.8 Å². The van der Waals surface area contributed by atoms with E-state index in [0.29, 0.717) is 0 Å². The predicted octanol–water partition coefficient (Wildman–Crippen LogP) is -1.38. The second kappa shape index (κ2) is 11.3. The third-order valence-corrected chi connectivity index (χ3v) is 4.22. The fourth-order valence-corrected chi connectivity index (χ4v) is 2.53. The van der Waals surface area contributed by atoms with Gasteiger partial charge in [-0.3, -0.25) is 24.0 Å². The van der Waals surface area contributed by atoms with Crippen LogP contribution in [0.1, 0.15) is 27.2 Å². The third-order valence-electron chi connectivity index (χ3n) is 3.86. The van der Waals surface area contributed by atoms with E-state index in [2.05, 4.69) is 33.9 Å². The van der Waals surface area contributed by atoms with Crippen LogP contribution >= 0.6 is 12.6 Å². The van der Waals surface area contributed by atoms with Crippen LogP contribution in [0.4, 0.5) is 0 Å². The van der Waals surface area contributed by atoms with Gasteiger partial charge in [0.15, 0.2) is 0 Å². The summed E-state index contributed by atoms with van der Waals surface area (Å²) in [6, 6.07) is -1.93. The van der Waals surface area contributed by atoms with Gasteiger partial charge in [0.1, 0.15) is 30.9 Å². The molecule has 0 aromatic heterocycles. The van der Waals surface area contributed by atoms with E-state index in [9.17, 15) is 24.0 Å². The van der Waals surface area contributed by atoms with Crippen molar-refractivity contribution in [3.8, 4) is 0 Å². The monoisotopic (exact) mass is 414 g/mol. The van der Waals surface area contributed by atoms with Gasteiger partial charge in [-0.25, -0.2) is 0 Å². The van der Waals surface area contributed by atoms with E-state index in [1.807, 2.05) is 0 Å². The molecule has 0 unspecified atom stereocenters. The van der Waals surface area contributed by atoms with Gasteiger partial charge >= 0.3 is 5.97 Å². The van der Waals surface area contributed by atoms with Gasteiger partial charge in [-0.2, -0.15) is 12.6 Å². The van der Waals surface area contributed by atoms with Crippen LogP contribution in [0.15, 0.2) is 11.8 Å². The molecule has 0 radical (unpaired) electrons. The highest BCUT2D eigenvalue weighted by Gasteiger charge is 2.29. The number of hydrogen-bond donors (Lipinski definition) is 5. The van der Waals surface area contributed by atoms with Crippen molar-refractivity contribution in [2.75, 3.05) is 18.9 Å². The Balaban J connectivity index is 3.07. The molecule has 11 heteroatoms. The van der Waals surface area contributed by atoms with Crippen LogP contribution in [0.5, 0.6) is 0 Å². The molecule has 1 saturated heterocycles. The molecular formula is C17H26N4O6S. The summed E-state index contributed by atoms with van der Waals surface area (Å²) in [5.74, 6) is -3.42. The van der Waals surface area contributed by atoms with E-state index in [-0.39, 0.29) is 30.4 Å². The molecule has 0 saturated carbocycles. The smallest absolute Gasteiger partial charge is 0.325 e. The molecule has 4 N–H and O–H groups in total. The quantitative estimate of drug-likeness (QED) is 0.214. The van der Waals surface area contributed by atoms with Crippen molar-refractivity contribution in [2.24, 2.45) is 5.92 Å². The lowest BCUT2D eigenvalue weighted by Crippen LogP contribution is -2.56. The number of allylic oxidation sites excluding steroid dienone is 1. The Morgan fingerprint density at radius 1 is 1.14 bits per heavy atom. The van der Waals surface area contributed by atoms with Crippen LogP contribution in [0.25, 0.3) is 0 Å². The number of thiol groups is 1. The number of nitrogens with one attached hydrogen (secondary N) is 4. The van der Waals surface area contributed by atoms with Crippen LogP contribution in [-0.2, 0) is 28.7 Å². The summed E-state index contributed by atoms with van der Waals surface area (Å²) in [6.07, 6.45) is 1.21. The fraction of sp³-hybridized carbons (Fsp3) is 0.588. The van der Waals surface area contributed by atoms with Crippen LogP contribution < -0.4 is 21.3 Å². The number of rotatable bonds is 2. The Kier molecular flexibility index (Phi) is 9.49. The summed E-state index contributed by atoms with van der Waals surface area (Å²) in [5.41, 5.74) is -0.0837. The van der Waals surface area contributed by atoms with Gasteiger partial charge < -0.3 is 26.0 Å². The minimum atomic E-state index is -1.03. The Labute approximate surface area is 168 Å². The molecule has 0 aromatic carbocycles. The molecule has 1 aliphatic heterocycles. The molecule has 0 aliphatic carbocycles. The summed E-state index contributed by atoms with van der Waals surface area (Å²) in [7, 11) is 0. The van der Waals surface area contributed by atoms with Crippen molar-refractivity contribution in [3.63, 3.8) is 0 Å². The summed E-state index contributed by atoms with van der Waals surface area (Å²) in [5, 5.41) is 9.80. The number of carbonyl (C=O) groups excluding carboxylic acids is 5. The summed E-state index contributed by atoms with van der Waals surface area (Å²) < 4.78 is 4.88. The summed E-state index contributed by atoms with van der Waals surface area (Å²) >= 11 is 4.07. The predicted molar refractivity (Wildman–Crippen MR) is 103 cm³/mol. The van der Waals surface area contributed by atoms with Gasteiger partial charge in [0.05, 0.1) is 6.42 Å². The van der Waals surface area contributed by atoms with Crippen LogP contribution in [0.3, 0.4) is 0 Å². The average Bonchev–Trinajstić information content (AvgIpc) is 2.65. The standard InChI is InChI=1S/C17H26N4O6S/c1-4-10-15(24)18-7-13(23)27-6-5-12(22)21-14(9(2)3)17(26)20-11(8-28)16(25)19-10/h4,9,11,14,28H,5-8H2,1-3H3,(H,18,24)(H,19,25)(H,20,26)(H,21,22)/b10-4-/t11-,14-/m1/s1. The van der Waals surface area contributed by atoms with Gasteiger partial charge in [-0.1, -0.05) is 19.9 Å². The molecule has 1 rings (SSSR count). The molecule has 156 valence electrons. The van der Waals surface area contributed by atoms with Crippen LogP contribution in [0, 0.1) is 5.92 Å². The van der Waals surface area contributed by atoms with Crippen molar-refractivity contribution in [1.82, 2.24) is 21.3 Å². The van der Waals surface area contributed by atoms with E-state index >= 15 is 0 Å². The fourth-order valence-electron chi connectivity index (χ4n) is 2.27. The number of amides is 4. The molecule has 0 bridgehead atoms. The van der Waals surface area contributed by atoms with Gasteiger partial charge in [-0.15, -0.1) is 0 Å². The molecule has 0 spiro atoms. The third kappa shape index (κ3) is 7.22. The molecule has 10 nitrogen and oxygen atoms in total. The number of esters is 1. The molecule has 2 atom stereocenters. The molecular weight excluding hydrogens is 388 g/mol. The lowest BCUT2D eigenvalue weighted by molar-refractivity contribution is -0.144. The van der Waals surface area contributed by atoms with Crippen molar-refractivity contribution < 1.29 is 28.7 Å². The Bertz CT molecular complexity index is 664. The zero-order valence-electron chi connectivity index (χ0n) is 16.0. The topological polar surface area (TPSA) is 143 Å². The first-order valence-electron chi connectivity index (χ1n) is 8.81. The first-order chi connectivity index (χ1) is 13.2. The molecule has 1 aliphatic rings. The lowest BCUT2D eigenvalue weighted by atomic mass is 10.0. The zero-order chi connectivity index (χ0) is 21.3. The summed E-state index contributed by atoms with van der Waals surface area (Å²) in [4.78, 5) is 60.8. The van der Waals surface area contributed by atoms with Crippen molar-refractivity contribution in [3.05, 3.63) is 11.8 Å². The largest absolute Gasteiger partial charge is 0.464 e. The first kappa shape index (κ1) is 23.5. The maximum absolute atomic E-state index is 12.6. The van der Waals surface area contributed by atoms with Gasteiger partial charge in [0.2, 0.25) is 17.7 Å². The van der Waals surface area contributed by atoms with Crippen LogP contribution in [-0.4, -0.2) is 60.6 Å². The lowest BCUT2D eigenvalue weighted by Gasteiger charge is -2.25. The number of ether oxygens (including phenoxy) is 1.